The lowest BCUT2D eigenvalue weighted by molar-refractivity contribution is -0.706. The number of benzene rings is 4. The summed E-state index contributed by atoms with van der Waals surface area (Å²) in [4.78, 5) is 1.72. The molecular formula is C34H31N2O8S2+. The molecule has 0 amide bonds. The molecule has 0 saturated heterocycles. The van der Waals surface area contributed by atoms with Crippen molar-refractivity contribution in [3.8, 4) is 28.0 Å². The van der Waals surface area contributed by atoms with Crippen molar-refractivity contribution in [3.05, 3.63) is 120 Å². The Kier molecular flexibility index (Phi) is 9.15. The third kappa shape index (κ3) is 7.11. The molecule has 2 N–H and O–H groups in total. The van der Waals surface area contributed by atoms with Crippen LogP contribution < -0.4 is 14.2 Å². The van der Waals surface area contributed by atoms with E-state index in [4.69, 9.17) is 13.3 Å². The molecule has 12 heteroatoms. The number of hydrogen-bond acceptors (Lipinski definition) is 7. The van der Waals surface area contributed by atoms with Crippen LogP contribution in [0.4, 0.5) is 5.69 Å². The molecule has 10 nitrogen and oxygen atoms in total. The van der Waals surface area contributed by atoms with Crippen molar-refractivity contribution in [2.45, 2.75) is 20.1 Å². The Balaban J connectivity index is 1.41. The minimum Gasteiger partial charge on any atom is -0.439 e. The predicted octanol–water partition coefficient (Wildman–Crippen LogP) is 6.59. The molecule has 0 aliphatic carbocycles. The average Bonchev–Trinajstić information content (AvgIpc) is 3.58. The van der Waals surface area contributed by atoms with E-state index in [0.717, 1.165) is 27.8 Å². The van der Waals surface area contributed by atoms with Crippen LogP contribution in [-0.4, -0.2) is 34.0 Å². The SMILES string of the molecule is CCC(=Cc1oc2ccc(-c3ccccc3)cc2[n+]1COS(=O)O)C=C1Oc2ccc(-c3ccccc3)cc2N1CCS(=O)(=O)O. The monoisotopic (exact) mass is 659 g/mol. The average molecular weight is 660 g/mol. The Labute approximate surface area is 269 Å². The van der Waals surface area contributed by atoms with Crippen molar-refractivity contribution in [2.24, 2.45) is 0 Å². The zero-order valence-electron chi connectivity index (χ0n) is 24.8. The first-order valence-electron chi connectivity index (χ1n) is 14.5. The van der Waals surface area contributed by atoms with Gasteiger partial charge in [0.05, 0.1) is 17.5 Å². The summed E-state index contributed by atoms with van der Waals surface area (Å²) >= 11 is -2.51. The van der Waals surface area contributed by atoms with Crippen molar-refractivity contribution < 1.29 is 39.6 Å². The van der Waals surface area contributed by atoms with Crippen LogP contribution in [0.25, 0.3) is 39.4 Å². The Morgan fingerprint density at radius 3 is 2.22 bits per heavy atom. The van der Waals surface area contributed by atoms with Gasteiger partial charge < -0.3 is 14.1 Å². The summed E-state index contributed by atoms with van der Waals surface area (Å²) in [6.07, 6.45) is 4.09. The molecule has 0 fully saturated rings. The highest BCUT2D eigenvalue weighted by Gasteiger charge is 2.29. The molecule has 0 bridgehead atoms. The van der Waals surface area contributed by atoms with Gasteiger partial charge in [-0.15, -0.1) is 4.57 Å². The number of hydrogen-bond donors (Lipinski definition) is 2. The van der Waals surface area contributed by atoms with Crippen LogP contribution in [0.15, 0.2) is 119 Å². The Hall–Kier alpha value is -4.59. The number of ether oxygens (including phenoxy) is 1. The van der Waals surface area contributed by atoms with Crippen LogP contribution in [0.5, 0.6) is 5.75 Å². The maximum Gasteiger partial charge on any atom is 0.376 e. The van der Waals surface area contributed by atoms with Gasteiger partial charge in [-0.1, -0.05) is 79.7 Å². The van der Waals surface area contributed by atoms with Gasteiger partial charge in [0.2, 0.25) is 11.5 Å². The second-order valence-electron chi connectivity index (χ2n) is 10.5. The van der Waals surface area contributed by atoms with E-state index < -0.39 is 27.2 Å². The van der Waals surface area contributed by atoms with E-state index in [1.54, 1.807) is 21.6 Å². The maximum atomic E-state index is 11.8. The van der Waals surface area contributed by atoms with Gasteiger partial charge in [0, 0.05) is 18.7 Å². The third-order valence-corrected chi connectivity index (χ3v) is 8.56. The summed E-state index contributed by atoms with van der Waals surface area (Å²) in [5.74, 6) is 0.781. The molecule has 1 unspecified atom stereocenters. The van der Waals surface area contributed by atoms with E-state index >= 15 is 0 Å². The normalized spacial score (nSPS) is 14.9. The Morgan fingerprint density at radius 1 is 0.935 bits per heavy atom. The molecule has 46 heavy (non-hydrogen) atoms. The van der Waals surface area contributed by atoms with Crippen LogP contribution in [0.2, 0.25) is 0 Å². The smallest absolute Gasteiger partial charge is 0.376 e. The summed E-state index contributed by atoms with van der Waals surface area (Å²) < 4.78 is 73.0. The van der Waals surface area contributed by atoms with Gasteiger partial charge in [0.1, 0.15) is 0 Å². The Bertz CT molecular complexity index is 2070. The number of aromatic nitrogens is 1. The van der Waals surface area contributed by atoms with Gasteiger partial charge >= 0.3 is 17.3 Å². The summed E-state index contributed by atoms with van der Waals surface area (Å²) in [7, 11) is -4.26. The molecule has 2 heterocycles. The van der Waals surface area contributed by atoms with Crippen LogP contribution in [0, 0.1) is 0 Å². The number of fused-ring (bicyclic) bond motifs is 2. The second-order valence-corrected chi connectivity index (χ2v) is 12.8. The fourth-order valence-electron chi connectivity index (χ4n) is 5.27. The topological polar surface area (TPSA) is 130 Å². The zero-order chi connectivity index (χ0) is 32.3. The molecule has 0 radical (unpaired) electrons. The van der Waals surface area contributed by atoms with E-state index in [0.29, 0.717) is 40.7 Å². The lowest BCUT2D eigenvalue weighted by Crippen LogP contribution is -2.37. The van der Waals surface area contributed by atoms with Crippen molar-refractivity contribution in [1.82, 2.24) is 0 Å². The highest BCUT2D eigenvalue weighted by atomic mass is 32.2. The minimum absolute atomic E-state index is 0.0457. The molecule has 1 aromatic heterocycles. The van der Waals surface area contributed by atoms with Crippen molar-refractivity contribution in [2.75, 3.05) is 17.2 Å². The van der Waals surface area contributed by atoms with E-state index in [9.17, 15) is 21.7 Å². The maximum absolute atomic E-state index is 11.8. The van der Waals surface area contributed by atoms with Crippen LogP contribution in [0.3, 0.4) is 0 Å². The fourth-order valence-corrected chi connectivity index (χ4v) is 5.88. The second kappa shape index (κ2) is 13.4. The van der Waals surface area contributed by atoms with Gasteiger partial charge in [0.25, 0.3) is 22.4 Å². The molecule has 1 aliphatic rings. The predicted molar refractivity (Wildman–Crippen MR) is 176 cm³/mol. The molecule has 1 atom stereocenters. The quantitative estimate of drug-likeness (QED) is 0.0917. The molecule has 236 valence electrons. The van der Waals surface area contributed by atoms with E-state index in [1.807, 2.05) is 104 Å². The molecule has 6 rings (SSSR count). The zero-order valence-corrected chi connectivity index (χ0v) is 26.4. The first kappa shape index (κ1) is 31.4. The lowest BCUT2D eigenvalue weighted by atomic mass is 10.0. The number of anilines is 1. The molecule has 4 aromatic carbocycles. The van der Waals surface area contributed by atoms with Gasteiger partial charge in [-0.2, -0.15) is 12.6 Å². The number of rotatable bonds is 11. The third-order valence-electron chi connectivity index (χ3n) is 7.56. The lowest BCUT2D eigenvalue weighted by Gasteiger charge is -2.18. The minimum atomic E-state index is -4.26. The fraction of sp³-hybridized carbons (Fsp3) is 0.147. The summed E-state index contributed by atoms with van der Waals surface area (Å²) in [5.41, 5.74) is 6.47. The van der Waals surface area contributed by atoms with Crippen LogP contribution in [-0.2, 0) is 32.4 Å². The van der Waals surface area contributed by atoms with Crippen molar-refractivity contribution >= 4 is 44.3 Å². The van der Waals surface area contributed by atoms with Gasteiger partial charge in [-0.25, -0.2) is 4.18 Å². The van der Waals surface area contributed by atoms with Crippen LogP contribution >= 0.6 is 0 Å². The molecule has 1 aliphatic heterocycles. The standard InChI is InChI=1S/C34H30N2O8S2/c1-2-24(20-34-36(23-42-45(37)38)30-22-28(14-16-32(30)44-34)26-11-7-4-8-12-26)19-33-35(17-18-46(39,40)41)29-21-27(13-15-31(29)43-33)25-9-5-3-6-10-25/h3-16,19-22H,2,17-18,23H2,1H3,(H-,37,38,39,40,41)/p+1. The number of nitrogens with zero attached hydrogens (tertiary/aromatic N) is 2. The number of allylic oxidation sites excluding steroid dienone is 2. The van der Waals surface area contributed by atoms with Gasteiger partial charge in [-0.05, 0) is 52.4 Å². The highest BCUT2D eigenvalue weighted by molar-refractivity contribution is 7.85. The van der Waals surface area contributed by atoms with E-state index in [2.05, 4.69) is 0 Å². The van der Waals surface area contributed by atoms with Crippen molar-refractivity contribution in [1.29, 1.82) is 0 Å². The molecule has 5 aromatic rings. The van der Waals surface area contributed by atoms with E-state index in [1.165, 1.54) is 0 Å². The summed E-state index contributed by atoms with van der Waals surface area (Å²) in [5, 5.41) is 0. The first-order chi connectivity index (χ1) is 22.2. The van der Waals surface area contributed by atoms with Gasteiger partial charge in [0.15, 0.2) is 5.75 Å². The first-order valence-corrected chi connectivity index (χ1v) is 17.1. The van der Waals surface area contributed by atoms with Gasteiger partial charge in [-0.3, -0.25) is 9.11 Å². The largest absolute Gasteiger partial charge is 0.439 e. The molecule has 0 saturated carbocycles. The van der Waals surface area contributed by atoms with E-state index in [-0.39, 0.29) is 13.3 Å². The summed E-state index contributed by atoms with van der Waals surface area (Å²) in [6, 6.07) is 31.0. The van der Waals surface area contributed by atoms with Crippen LogP contribution in [0.1, 0.15) is 19.2 Å². The summed E-state index contributed by atoms with van der Waals surface area (Å²) in [6.45, 7) is 1.65. The van der Waals surface area contributed by atoms with Crippen molar-refractivity contribution in [3.63, 3.8) is 0 Å². The Morgan fingerprint density at radius 2 is 1.59 bits per heavy atom. The highest BCUT2D eigenvalue weighted by Crippen LogP contribution is 2.42. The number of oxazole rings is 1. The molecular weight excluding hydrogens is 629 g/mol. The molecule has 0 spiro atoms.